The zero-order valence-corrected chi connectivity index (χ0v) is 23.1. The van der Waals surface area contributed by atoms with E-state index in [0.29, 0.717) is 36.4 Å². The third-order valence-electron chi connectivity index (χ3n) is 4.92. The Morgan fingerprint density at radius 3 is 2.35 bits per heavy atom. The molecular weight excluding hydrogens is 470 g/mol. The Kier molecular flexibility index (Phi) is 18.5. The number of ether oxygens (including phenoxy) is 2. The highest BCUT2D eigenvalue weighted by Crippen LogP contribution is 2.18. The largest absolute Gasteiger partial charge is 0.513 e. The van der Waals surface area contributed by atoms with Gasteiger partial charge in [-0.1, -0.05) is 65.5 Å². The molecule has 0 aromatic heterocycles. The fourth-order valence-corrected chi connectivity index (χ4v) is 3.10. The van der Waals surface area contributed by atoms with Gasteiger partial charge in [-0.2, -0.15) is 0 Å². The quantitative estimate of drug-likeness (QED) is 0.108. The molecule has 2 N–H and O–H groups in total. The lowest BCUT2D eigenvalue weighted by atomic mass is 10.1. The molecule has 1 amide bonds. The van der Waals surface area contributed by atoms with E-state index in [1.165, 1.54) is 7.11 Å². The topological polar surface area (TPSA) is 100 Å². The van der Waals surface area contributed by atoms with Gasteiger partial charge in [-0.15, -0.1) is 0 Å². The van der Waals surface area contributed by atoms with Crippen molar-refractivity contribution >= 4 is 17.6 Å². The van der Waals surface area contributed by atoms with Crippen LogP contribution in [-0.2, 0) is 14.3 Å². The molecule has 37 heavy (non-hydrogen) atoms. The Bertz CT molecular complexity index is 950. The number of methoxy groups -OCH3 is 1. The first-order valence-electron chi connectivity index (χ1n) is 12.7. The highest BCUT2D eigenvalue weighted by Gasteiger charge is 2.17. The first-order chi connectivity index (χ1) is 17.9. The van der Waals surface area contributed by atoms with Crippen molar-refractivity contribution in [3.8, 4) is 5.75 Å². The number of esters is 1. The lowest BCUT2D eigenvalue weighted by Gasteiger charge is -2.22. The molecule has 0 saturated carbocycles. The molecule has 0 aliphatic rings. The summed E-state index contributed by atoms with van der Waals surface area (Å²) in [6.45, 7) is 15.6. The van der Waals surface area contributed by atoms with E-state index in [1.54, 1.807) is 12.2 Å². The van der Waals surface area contributed by atoms with Crippen molar-refractivity contribution in [1.82, 2.24) is 10.2 Å². The van der Waals surface area contributed by atoms with Gasteiger partial charge in [0.2, 0.25) is 0 Å². The summed E-state index contributed by atoms with van der Waals surface area (Å²) in [6, 6.07) is 9.37. The van der Waals surface area contributed by atoms with Gasteiger partial charge < -0.3 is 19.9 Å². The average molecular weight is 514 g/mol. The molecule has 1 aromatic rings. The van der Waals surface area contributed by atoms with Crippen LogP contribution >= 0.6 is 0 Å². The van der Waals surface area contributed by atoms with Crippen LogP contribution in [0.2, 0.25) is 0 Å². The number of hydrogen-bond donors (Lipinski definition) is 2. The normalized spacial score (nSPS) is 12.4. The molecular formula is C29H43N3O5. The summed E-state index contributed by atoms with van der Waals surface area (Å²) in [5.74, 6) is -0.0674. The monoisotopic (exact) mass is 513 g/mol. The highest BCUT2D eigenvalue weighted by molar-refractivity contribution is 6.06. The molecule has 0 heterocycles. The molecule has 1 rings (SSSR count). The first-order valence-corrected chi connectivity index (χ1v) is 12.7. The van der Waals surface area contributed by atoms with Gasteiger partial charge in [0.05, 0.1) is 12.8 Å². The molecule has 0 aliphatic heterocycles. The number of hydrogen-bond acceptors (Lipinski definition) is 7. The Morgan fingerprint density at radius 1 is 1.16 bits per heavy atom. The average Bonchev–Trinajstić information content (AvgIpc) is 2.93. The summed E-state index contributed by atoms with van der Waals surface area (Å²) in [6.07, 6.45) is 7.42. The predicted molar refractivity (Wildman–Crippen MR) is 151 cm³/mol. The molecule has 1 aromatic carbocycles. The second kappa shape index (κ2) is 20.5. The van der Waals surface area contributed by atoms with Crippen LogP contribution < -0.4 is 10.1 Å². The van der Waals surface area contributed by atoms with Crippen LogP contribution in [0.1, 0.15) is 47.5 Å². The van der Waals surface area contributed by atoms with Crippen molar-refractivity contribution in [2.75, 3.05) is 33.3 Å². The zero-order valence-electron chi connectivity index (χ0n) is 23.1. The summed E-state index contributed by atoms with van der Waals surface area (Å²) in [5.41, 5.74) is 1.21. The summed E-state index contributed by atoms with van der Waals surface area (Å²) >= 11 is 0. The van der Waals surface area contributed by atoms with Crippen LogP contribution in [0.4, 0.5) is 0 Å². The number of para-hydroxylation sites is 1. The molecule has 204 valence electrons. The van der Waals surface area contributed by atoms with E-state index >= 15 is 0 Å². The van der Waals surface area contributed by atoms with Crippen molar-refractivity contribution in [2.24, 2.45) is 4.99 Å². The molecule has 0 atom stereocenters. The van der Waals surface area contributed by atoms with E-state index in [1.807, 2.05) is 57.2 Å². The number of carbonyl (C=O) groups is 2. The minimum absolute atomic E-state index is 0.214. The van der Waals surface area contributed by atoms with E-state index in [-0.39, 0.29) is 12.2 Å². The van der Waals surface area contributed by atoms with Gasteiger partial charge in [-0.3, -0.25) is 14.5 Å². The van der Waals surface area contributed by atoms with Gasteiger partial charge in [0.15, 0.2) is 5.70 Å². The second-order valence-corrected chi connectivity index (χ2v) is 7.44. The maximum absolute atomic E-state index is 12.6. The van der Waals surface area contributed by atoms with Crippen LogP contribution in [0.15, 0.2) is 83.4 Å². The summed E-state index contributed by atoms with van der Waals surface area (Å²) in [5, 5.41) is 12.2. The van der Waals surface area contributed by atoms with Gasteiger partial charge in [0.25, 0.3) is 5.91 Å². The highest BCUT2D eigenvalue weighted by atomic mass is 16.5. The van der Waals surface area contributed by atoms with Crippen molar-refractivity contribution < 1.29 is 24.2 Å². The standard InChI is InChI=1S/C27H37N3O5.C2H6/c1-6-13-23(35-22-14-11-10-12-15-22)17-21(8-3)24(19-30(9-4)16-7-2)29-25(20-31)27(33)28-18-26(32)34-5;1-2/h6,10-15,17,20,31H,1,7-9,16,18-19H2,2-5H3,(H,28,33);1-2H3/b21-17+,23-13+,25-20+,29-24-;. The fraction of sp³-hybridized carbons (Fsp3) is 0.414. The molecule has 8 heteroatoms. The Labute approximate surface area is 222 Å². The van der Waals surface area contributed by atoms with E-state index in [2.05, 4.69) is 40.4 Å². The number of carbonyl (C=O) groups excluding carboxylic acids is 2. The van der Waals surface area contributed by atoms with Gasteiger partial charge in [-0.25, -0.2) is 4.99 Å². The number of allylic oxidation sites excluding steroid dienone is 3. The van der Waals surface area contributed by atoms with E-state index in [4.69, 9.17) is 4.74 Å². The number of nitrogens with one attached hydrogen (secondary N) is 1. The number of benzene rings is 1. The summed E-state index contributed by atoms with van der Waals surface area (Å²) in [4.78, 5) is 30.6. The summed E-state index contributed by atoms with van der Waals surface area (Å²) < 4.78 is 10.6. The lowest BCUT2D eigenvalue weighted by molar-refractivity contribution is -0.140. The van der Waals surface area contributed by atoms with E-state index in [0.717, 1.165) is 25.1 Å². The number of aliphatic hydroxyl groups is 1. The maximum Gasteiger partial charge on any atom is 0.325 e. The van der Waals surface area contributed by atoms with Gasteiger partial charge in [-0.05, 0) is 55.8 Å². The van der Waals surface area contributed by atoms with Crippen LogP contribution in [0.5, 0.6) is 5.75 Å². The smallest absolute Gasteiger partial charge is 0.325 e. The van der Waals surface area contributed by atoms with Gasteiger partial charge in [0.1, 0.15) is 24.3 Å². The molecule has 0 fully saturated rings. The molecule has 8 nitrogen and oxygen atoms in total. The van der Waals surface area contributed by atoms with E-state index in [9.17, 15) is 14.7 Å². The fourth-order valence-electron chi connectivity index (χ4n) is 3.10. The van der Waals surface area contributed by atoms with Gasteiger partial charge >= 0.3 is 5.97 Å². The molecule has 0 unspecified atom stereocenters. The number of nitrogens with zero attached hydrogens (tertiary/aromatic N) is 2. The minimum atomic E-state index is -0.688. The van der Waals surface area contributed by atoms with Crippen LogP contribution in [0.3, 0.4) is 0 Å². The summed E-state index contributed by atoms with van der Waals surface area (Å²) in [7, 11) is 1.23. The molecule has 0 bridgehead atoms. The van der Waals surface area contributed by atoms with Crippen molar-refractivity contribution in [3.05, 3.63) is 78.4 Å². The number of rotatable bonds is 15. The van der Waals surface area contributed by atoms with Crippen molar-refractivity contribution in [1.29, 1.82) is 0 Å². The minimum Gasteiger partial charge on any atom is -0.513 e. The molecule has 0 radical (unpaired) electrons. The van der Waals surface area contributed by atoms with Gasteiger partial charge in [0, 0.05) is 6.54 Å². The van der Waals surface area contributed by atoms with Crippen LogP contribution in [-0.4, -0.2) is 60.9 Å². The molecule has 0 aliphatic carbocycles. The first kappa shape index (κ1) is 33.4. The lowest BCUT2D eigenvalue weighted by Crippen LogP contribution is -2.33. The number of aliphatic hydroxyl groups excluding tert-OH is 1. The zero-order chi connectivity index (χ0) is 28.1. The van der Waals surface area contributed by atoms with Crippen molar-refractivity contribution in [2.45, 2.75) is 47.5 Å². The molecule has 0 spiro atoms. The SMILES string of the molecule is C=C\C=C(/C=C(CC)/C(CN(CC)CCC)=N\C(=C\O)C(=O)NCC(=O)OC)Oc1ccccc1.CC. The maximum atomic E-state index is 12.6. The Balaban J connectivity index is 0.00000631. The van der Waals surface area contributed by atoms with Crippen LogP contribution in [0.25, 0.3) is 0 Å². The third-order valence-corrected chi connectivity index (χ3v) is 4.92. The Hall–Kier alpha value is -3.65. The van der Waals surface area contributed by atoms with Crippen LogP contribution in [0, 0.1) is 0 Å². The second-order valence-electron chi connectivity index (χ2n) is 7.44. The molecule has 0 saturated heterocycles. The predicted octanol–water partition coefficient (Wildman–Crippen LogP) is 5.36. The van der Waals surface area contributed by atoms with Crippen molar-refractivity contribution in [3.63, 3.8) is 0 Å². The number of amides is 1. The van der Waals surface area contributed by atoms with E-state index < -0.39 is 11.9 Å². The number of aliphatic imine (C=N–C) groups is 1. The third kappa shape index (κ3) is 13.3. The Morgan fingerprint density at radius 2 is 1.84 bits per heavy atom.